The number of anilines is 1. The molecule has 2 aromatic heterocycles. The number of hydrazone groups is 1. The van der Waals surface area contributed by atoms with Gasteiger partial charge in [0.15, 0.2) is 0 Å². The second-order valence-electron chi connectivity index (χ2n) is 8.14. The molecule has 0 saturated carbocycles. The zero-order valence-electron chi connectivity index (χ0n) is 20.8. The molecular formula is C24H14N10O8. The van der Waals surface area contributed by atoms with E-state index in [-0.39, 0.29) is 33.5 Å². The van der Waals surface area contributed by atoms with Gasteiger partial charge in [-0.05, 0) is 24.3 Å². The van der Waals surface area contributed by atoms with E-state index < -0.39 is 49.7 Å². The molecule has 208 valence electrons. The zero-order chi connectivity index (χ0) is 30.4. The highest BCUT2D eigenvalue weighted by Gasteiger charge is 2.37. The fraction of sp³-hybridized carbons (Fsp3) is 0.0417. The Hall–Kier alpha value is -6.77. The Balaban J connectivity index is 1.80. The molecule has 0 radical (unpaired) electrons. The fourth-order valence-corrected chi connectivity index (χ4v) is 3.56. The molecule has 4 aromatic rings. The number of carbonyl (C=O) groups excluding carboxylic acids is 2. The van der Waals surface area contributed by atoms with Gasteiger partial charge in [-0.1, -0.05) is 0 Å². The van der Waals surface area contributed by atoms with Crippen LogP contribution in [0.25, 0.3) is 11.0 Å². The van der Waals surface area contributed by atoms with E-state index in [0.717, 1.165) is 36.5 Å². The molecule has 0 spiro atoms. The van der Waals surface area contributed by atoms with Crippen LogP contribution in [-0.4, -0.2) is 47.2 Å². The van der Waals surface area contributed by atoms with Gasteiger partial charge in [0.25, 0.3) is 23.2 Å². The van der Waals surface area contributed by atoms with Gasteiger partial charge in [0, 0.05) is 47.1 Å². The van der Waals surface area contributed by atoms with Crippen molar-refractivity contribution in [1.29, 1.82) is 5.26 Å². The average molecular weight is 570 g/mol. The highest BCUT2D eigenvalue weighted by Crippen LogP contribution is 2.25. The van der Waals surface area contributed by atoms with Crippen molar-refractivity contribution in [3.05, 3.63) is 114 Å². The van der Waals surface area contributed by atoms with Crippen LogP contribution < -0.4 is 10.7 Å². The van der Waals surface area contributed by atoms with E-state index in [9.17, 15) is 45.2 Å². The predicted molar refractivity (Wildman–Crippen MR) is 142 cm³/mol. The summed E-state index contributed by atoms with van der Waals surface area (Å²) in [6, 6.07) is 8.50. The summed E-state index contributed by atoms with van der Waals surface area (Å²) in [7, 11) is 0. The number of rotatable bonds is 9. The molecule has 18 nitrogen and oxygen atoms in total. The first kappa shape index (κ1) is 28.2. The number of hydrogen-bond acceptors (Lipinski definition) is 13. The summed E-state index contributed by atoms with van der Waals surface area (Å²) in [5.74, 6) is -2.14. The number of nitrogens with zero attached hydrogens (tertiary/aromatic N) is 8. The monoisotopic (exact) mass is 570 g/mol. The third-order valence-corrected chi connectivity index (χ3v) is 5.54. The summed E-state index contributed by atoms with van der Waals surface area (Å²) in [4.78, 5) is 70.0. The van der Waals surface area contributed by atoms with Crippen molar-refractivity contribution in [2.45, 2.75) is 6.04 Å². The van der Waals surface area contributed by atoms with Crippen LogP contribution >= 0.6 is 0 Å². The van der Waals surface area contributed by atoms with Gasteiger partial charge in [0.2, 0.25) is 5.71 Å². The van der Waals surface area contributed by atoms with Gasteiger partial charge >= 0.3 is 6.04 Å². The molecule has 4 rings (SSSR count). The average Bonchev–Trinajstić information content (AvgIpc) is 2.98. The van der Waals surface area contributed by atoms with E-state index in [0.29, 0.717) is 0 Å². The quantitative estimate of drug-likeness (QED) is 0.167. The number of aromatic nitrogens is 3. The highest BCUT2D eigenvalue weighted by molar-refractivity contribution is 6.44. The molecule has 2 N–H and O–H groups in total. The second kappa shape index (κ2) is 12.0. The highest BCUT2D eigenvalue weighted by atomic mass is 16.6. The molecule has 0 aliphatic carbocycles. The van der Waals surface area contributed by atoms with E-state index in [1.54, 1.807) is 6.07 Å². The molecule has 0 bridgehead atoms. The first-order valence-electron chi connectivity index (χ1n) is 11.4. The van der Waals surface area contributed by atoms with Crippen LogP contribution in [0.3, 0.4) is 0 Å². The number of nitriles is 1. The van der Waals surface area contributed by atoms with Crippen molar-refractivity contribution >= 4 is 45.6 Å². The lowest BCUT2D eigenvalue weighted by molar-refractivity contribution is -0.509. The van der Waals surface area contributed by atoms with Gasteiger partial charge in [-0.15, -0.1) is 0 Å². The van der Waals surface area contributed by atoms with E-state index >= 15 is 0 Å². The number of non-ortho nitro benzene ring substituents is 2. The summed E-state index contributed by atoms with van der Waals surface area (Å²) in [6.07, 6.45) is 3.56. The van der Waals surface area contributed by atoms with E-state index in [4.69, 9.17) is 0 Å². The molecule has 0 aliphatic rings. The van der Waals surface area contributed by atoms with Crippen molar-refractivity contribution in [3.63, 3.8) is 0 Å². The van der Waals surface area contributed by atoms with Crippen LogP contribution in [0.5, 0.6) is 0 Å². The molecule has 1 unspecified atom stereocenters. The van der Waals surface area contributed by atoms with E-state index in [1.807, 2.05) is 5.43 Å². The van der Waals surface area contributed by atoms with Crippen molar-refractivity contribution in [2.75, 3.05) is 5.32 Å². The maximum Gasteiger partial charge on any atom is 0.304 e. The van der Waals surface area contributed by atoms with Crippen molar-refractivity contribution < 1.29 is 24.4 Å². The Morgan fingerprint density at radius 2 is 1.60 bits per heavy atom. The van der Waals surface area contributed by atoms with Crippen LogP contribution in [0.4, 0.5) is 17.1 Å². The Labute approximate surface area is 232 Å². The summed E-state index contributed by atoms with van der Waals surface area (Å²) >= 11 is 0. The minimum atomic E-state index is -2.18. The van der Waals surface area contributed by atoms with E-state index in [1.165, 1.54) is 30.6 Å². The summed E-state index contributed by atoms with van der Waals surface area (Å²) in [5.41, 5.74) is -0.651. The molecule has 0 fully saturated rings. The number of nitro groups is 3. The standard InChI is InChI=1S/C24H14N10O8/c25-11-14-9-15(32(37)38)1-3-17(14)29-24(36)21(30-31-23(35)13-5-7-26-8-6-13)22(34(41)42)20-12-27-18-4-2-16(33(39)40)10-19(18)28-20/h1-10,12,22H,(H,29,36)(H,31,35). The van der Waals surface area contributed by atoms with Gasteiger partial charge < -0.3 is 5.32 Å². The number of hydrogen-bond donors (Lipinski definition) is 2. The maximum atomic E-state index is 13.4. The van der Waals surface area contributed by atoms with Gasteiger partial charge in [-0.25, -0.2) is 10.4 Å². The smallest absolute Gasteiger partial charge is 0.304 e. The van der Waals surface area contributed by atoms with Gasteiger partial charge in [0.1, 0.15) is 11.8 Å². The summed E-state index contributed by atoms with van der Waals surface area (Å²) in [6.45, 7) is 0. The first-order chi connectivity index (χ1) is 20.1. The van der Waals surface area contributed by atoms with Crippen LogP contribution in [0.15, 0.2) is 72.2 Å². The summed E-state index contributed by atoms with van der Waals surface area (Å²) < 4.78 is 0. The van der Waals surface area contributed by atoms with E-state index in [2.05, 4.69) is 25.4 Å². The Kier molecular flexibility index (Phi) is 8.04. The maximum absolute atomic E-state index is 13.4. The third kappa shape index (κ3) is 6.10. The third-order valence-electron chi connectivity index (χ3n) is 5.54. The van der Waals surface area contributed by atoms with Gasteiger partial charge in [0.05, 0.1) is 38.3 Å². The first-order valence-corrected chi connectivity index (χ1v) is 11.4. The van der Waals surface area contributed by atoms with Crippen LogP contribution in [0.1, 0.15) is 27.7 Å². The molecular weight excluding hydrogens is 556 g/mol. The number of nitrogens with one attached hydrogen (secondary N) is 2. The van der Waals surface area contributed by atoms with Crippen LogP contribution in [0, 0.1) is 41.7 Å². The molecule has 42 heavy (non-hydrogen) atoms. The second-order valence-corrected chi connectivity index (χ2v) is 8.14. The van der Waals surface area contributed by atoms with Crippen molar-refractivity contribution in [1.82, 2.24) is 20.4 Å². The number of fused-ring (bicyclic) bond motifs is 1. The van der Waals surface area contributed by atoms with Crippen LogP contribution in [0.2, 0.25) is 0 Å². The number of carbonyl (C=O) groups is 2. The molecule has 1 atom stereocenters. The number of amides is 2. The van der Waals surface area contributed by atoms with Gasteiger partial charge in [-0.3, -0.25) is 49.9 Å². The normalized spacial score (nSPS) is 11.6. The SMILES string of the molecule is N#Cc1cc([N+](=O)[O-])ccc1NC(=O)C(=NNC(=O)c1ccncc1)C(c1cnc2ccc([N+](=O)[O-])cc2n1)[N+](=O)[O-]. The Bertz CT molecular complexity index is 1840. The predicted octanol–water partition coefficient (Wildman–Crippen LogP) is 2.46. The minimum absolute atomic E-state index is 0.0473. The number of pyridine rings is 1. The molecule has 2 aromatic carbocycles. The lowest BCUT2D eigenvalue weighted by Crippen LogP contribution is -2.36. The number of nitro benzene ring substituents is 2. The lowest BCUT2D eigenvalue weighted by Gasteiger charge is -2.13. The van der Waals surface area contributed by atoms with Crippen molar-refractivity contribution in [2.24, 2.45) is 5.10 Å². The number of benzene rings is 2. The largest absolute Gasteiger partial charge is 0.319 e. The zero-order valence-corrected chi connectivity index (χ0v) is 20.8. The molecule has 2 amide bonds. The molecule has 18 heteroatoms. The molecule has 0 saturated heterocycles. The van der Waals surface area contributed by atoms with Crippen molar-refractivity contribution in [3.8, 4) is 6.07 Å². The van der Waals surface area contributed by atoms with Crippen LogP contribution in [-0.2, 0) is 4.79 Å². The Morgan fingerprint density at radius 3 is 2.24 bits per heavy atom. The minimum Gasteiger partial charge on any atom is -0.319 e. The fourth-order valence-electron chi connectivity index (χ4n) is 3.56. The topological polar surface area (TPSA) is 262 Å². The molecule has 0 aliphatic heterocycles. The Morgan fingerprint density at radius 1 is 0.929 bits per heavy atom. The summed E-state index contributed by atoms with van der Waals surface area (Å²) in [5, 5.41) is 49.9. The molecule has 2 heterocycles. The van der Waals surface area contributed by atoms with Gasteiger partial charge in [-0.2, -0.15) is 10.4 Å². The lowest BCUT2D eigenvalue weighted by atomic mass is 10.1.